The lowest BCUT2D eigenvalue weighted by molar-refractivity contribution is -0.119. The number of rotatable bonds is 6. The maximum Gasteiger partial charge on any atom is 0.239 e. The number of amides is 1. The van der Waals surface area contributed by atoms with Gasteiger partial charge in [-0.25, -0.2) is 9.37 Å². The topological polar surface area (TPSA) is 58.1 Å². The normalized spacial score (nSPS) is 13.9. The van der Waals surface area contributed by atoms with Crippen LogP contribution in [0.2, 0.25) is 0 Å². The molecule has 3 rings (SSSR count). The van der Waals surface area contributed by atoms with Gasteiger partial charge in [0.25, 0.3) is 0 Å². The molecule has 0 aliphatic heterocycles. The van der Waals surface area contributed by atoms with Crippen LogP contribution in [0.5, 0.6) is 0 Å². The summed E-state index contributed by atoms with van der Waals surface area (Å²) in [5.41, 5.74) is 0.958. The van der Waals surface area contributed by atoms with E-state index in [1.54, 1.807) is 17.0 Å². The van der Waals surface area contributed by atoms with Crippen molar-refractivity contribution in [1.29, 1.82) is 0 Å². The predicted molar refractivity (Wildman–Crippen MR) is 83.5 cm³/mol. The lowest BCUT2D eigenvalue weighted by Gasteiger charge is -2.14. The third-order valence-electron chi connectivity index (χ3n) is 3.38. The second-order valence-electron chi connectivity index (χ2n) is 5.49. The molecule has 1 saturated carbocycles. The zero-order chi connectivity index (χ0) is 15.5. The molecule has 0 bridgehead atoms. The summed E-state index contributed by atoms with van der Waals surface area (Å²) in [5.74, 6) is 0.443. The molecule has 1 amide bonds. The summed E-state index contributed by atoms with van der Waals surface area (Å²) in [5, 5.41) is 3.66. The highest BCUT2D eigenvalue weighted by molar-refractivity contribution is 7.09. The number of aromatic nitrogens is 2. The number of likely N-dealkylation sites (N-methyl/N-ethyl adjacent to an activating group) is 1. The fourth-order valence-corrected chi connectivity index (χ4v) is 2.68. The second-order valence-corrected chi connectivity index (χ2v) is 6.22. The van der Waals surface area contributed by atoms with Gasteiger partial charge in [0.1, 0.15) is 11.6 Å². The summed E-state index contributed by atoms with van der Waals surface area (Å²) in [4.78, 5) is 18.0. The van der Waals surface area contributed by atoms with Gasteiger partial charge in [0.15, 0.2) is 0 Å². The summed E-state index contributed by atoms with van der Waals surface area (Å²) >= 11 is 1.27. The van der Waals surface area contributed by atoms with E-state index in [-0.39, 0.29) is 18.3 Å². The number of nitrogens with zero attached hydrogens (tertiary/aromatic N) is 3. The van der Waals surface area contributed by atoms with Crippen molar-refractivity contribution in [3.8, 4) is 0 Å². The number of benzene rings is 1. The molecular formula is C15H17FN4OS. The van der Waals surface area contributed by atoms with Gasteiger partial charge < -0.3 is 10.2 Å². The quantitative estimate of drug-likeness (QED) is 0.884. The van der Waals surface area contributed by atoms with E-state index in [2.05, 4.69) is 14.7 Å². The molecule has 0 spiro atoms. The Labute approximate surface area is 132 Å². The molecule has 1 heterocycles. The Balaban J connectivity index is 1.57. The van der Waals surface area contributed by atoms with Crippen LogP contribution < -0.4 is 10.2 Å². The molecule has 5 nitrogen and oxygen atoms in total. The fraction of sp³-hybridized carbons (Fsp3) is 0.400. The van der Waals surface area contributed by atoms with Crippen molar-refractivity contribution >= 4 is 22.6 Å². The standard InChI is InChI=1S/C15H17FN4OS/c1-20(9-14(21)17-12-6-7-12)15-18-13(19-22-15)8-10-2-4-11(16)5-3-10/h2-5,12H,6-9H2,1H3,(H,17,21). The van der Waals surface area contributed by atoms with E-state index < -0.39 is 0 Å². The molecule has 2 aromatic rings. The number of hydrogen-bond donors (Lipinski definition) is 1. The molecule has 1 aliphatic carbocycles. The van der Waals surface area contributed by atoms with Crippen LogP contribution in [0.25, 0.3) is 0 Å². The maximum atomic E-state index is 12.9. The molecule has 1 aromatic heterocycles. The van der Waals surface area contributed by atoms with Gasteiger partial charge >= 0.3 is 0 Å². The monoisotopic (exact) mass is 320 g/mol. The SMILES string of the molecule is CN(CC(=O)NC1CC1)c1nc(Cc2ccc(F)cc2)ns1. The predicted octanol–water partition coefficient (Wildman–Crippen LogP) is 1.98. The minimum atomic E-state index is -0.253. The van der Waals surface area contributed by atoms with Crippen molar-refractivity contribution < 1.29 is 9.18 Å². The number of halogens is 1. The molecule has 0 radical (unpaired) electrons. The van der Waals surface area contributed by atoms with Gasteiger partial charge in [-0.05, 0) is 30.5 Å². The number of anilines is 1. The molecule has 1 aromatic carbocycles. The van der Waals surface area contributed by atoms with Gasteiger partial charge in [0, 0.05) is 31.0 Å². The molecule has 7 heteroatoms. The Morgan fingerprint density at radius 2 is 2.14 bits per heavy atom. The van der Waals surface area contributed by atoms with Gasteiger partial charge in [0.2, 0.25) is 11.0 Å². The van der Waals surface area contributed by atoms with Gasteiger partial charge in [-0.1, -0.05) is 12.1 Å². The average molecular weight is 320 g/mol. The summed E-state index contributed by atoms with van der Waals surface area (Å²) in [6.07, 6.45) is 2.71. The van der Waals surface area contributed by atoms with E-state index in [0.717, 1.165) is 18.4 Å². The van der Waals surface area contributed by atoms with Crippen LogP contribution in [0, 0.1) is 5.82 Å². The smallest absolute Gasteiger partial charge is 0.239 e. The van der Waals surface area contributed by atoms with Crippen LogP contribution in [0.3, 0.4) is 0 Å². The summed E-state index contributed by atoms with van der Waals surface area (Å²) in [7, 11) is 1.83. The lowest BCUT2D eigenvalue weighted by Crippen LogP contribution is -2.36. The van der Waals surface area contributed by atoms with Crippen LogP contribution >= 0.6 is 11.5 Å². The van der Waals surface area contributed by atoms with Crippen molar-refractivity contribution in [2.45, 2.75) is 25.3 Å². The maximum absolute atomic E-state index is 12.9. The molecule has 116 valence electrons. The van der Waals surface area contributed by atoms with Crippen LogP contribution in [0.4, 0.5) is 9.52 Å². The highest BCUT2D eigenvalue weighted by Crippen LogP contribution is 2.20. The molecule has 1 aliphatic rings. The zero-order valence-corrected chi connectivity index (χ0v) is 13.1. The molecular weight excluding hydrogens is 303 g/mol. The molecule has 1 fully saturated rings. The van der Waals surface area contributed by atoms with Crippen LogP contribution in [-0.4, -0.2) is 34.9 Å². The highest BCUT2D eigenvalue weighted by atomic mass is 32.1. The van der Waals surface area contributed by atoms with E-state index in [4.69, 9.17) is 0 Å². The van der Waals surface area contributed by atoms with E-state index in [0.29, 0.717) is 23.4 Å². The van der Waals surface area contributed by atoms with E-state index in [9.17, 15) is 9.18 Å². The molecule has 0 saturated heterocycles. The van der Waals surface area contributed by atoms with Crippen molar-refractivity contribution in [2.75, 3.05) is 18.5 Å². The first-order chi connectivity index (χ1) is 10.6. The molecule has 1 N–H and O–H groups in total. The first-order valence-electron chi connectivity index (χ1n) is 7.17. The van der Waals surface area contributed by atoms with E-state index in [1.807, 2.05) is 7.05 Å². The minimum Gasteiger partial charge on any atom is -0.352 e. The number of carbonyl (C=O) groups is 1. The third kappa shape index (κ3) is 4.00. The largest absolute Gasteiger partial charge is 0.352 e. The summed E-state index contributed by atoms with van der Waals surface area (Å²) in [6, 6.07) is 6.67. The van der Waals surface area contributed by atoms with Crippen molar-refractivity contribution in [2.24, 2.45) is 0 Å². The fourth-order valence-electron chi connectivity index (χ4n) is 2.04. The van der Waals surface area contributed by atoms with E-state index in [1.165, 1.54) is 23.7 Å². The zero-order valence-electron chi connectivity index (χ0n) is 12.3. The van der Waals surface area contributed by atoms with E-state index >= 15 is 0 Å². The summed E-state index contributed by atoms with van der Waals surface area (Å²) in [6.45, 7) is 0.279. The second kappa shape index (κ2) is 6.39. The molecule has 0 unspecified atom stereocenters. The van der Waals surface area contributed by atoms with Crippen LogP contribution in [-0.2, 0) is 11.2 Å². The number of nitrogens with one attached hydrogen (secondary N) is 1. The molecule has 22 heavy (non-hydrogen) atoms. The van der Waals surface area contributed by atoms with Crippen LogP contribution in [0.15, 0.2) is 24.3 Å². The van der Waals surface area contributed by atoms with Gasteiger partial charge in [-0.15, -0.1) is 0 Å². The average Bonchev–Trinajstić information content (AvgIpc) is 3.16. The van der Waals surface area contributed by atoms with Crippen molar-refractivity contribution in [3.63, 3.8) is 0 Å². The number of hydrogen-bond acceptors (Lipinski definition) is 5. The van der Waals surface area contributed by atoms with Crippen LogP contribution in [0.1, 0.15) is 24.2 Å². The first kappa shape index (κ1) is 14.9. The highest BCUT2D eigenvalue weighted by Gasteiger charge is 2.24. The first-order valence-corrected chi connectivity index (χ1v) is 7.95. The number of carbonyl (C=O) groups excluding carboxylic acids is 1. The van der Waals surface area contributed by atoms with Crippen molar-refractivity contribution in [3.05, 3.63) is 41.5 Å². The Bertz CT molecular complexity index is 654. The van der Waals surface area contributed by atoms with Crippen molar-refractivity contribution in [1.82, 2.24) is 14.7 Å². The Morgan fingerprint density at radius 1 is 1.41 bits per heavy atom. The minimum absolute atomic E-state index is 0.0142. The lowest BCUT2D eigenvalue weighted by atomic mass is 10.1. The summed E-state index contributed by atoms with van der Waals surface area (Å²) < 4.78 is 17.2. The Hall–Kier alpha value is -2.02. The van der Waals surface area contributed by atoms with Gasteiger partial charge in [0.05, 0.1) is 6.54 Å². The van der Waals surface area contributed by atoms with Gasteiger partial charge in [-0.3, -0.25) is 4.79 Å². The third-order valence-corrected chi connectivity index (χ3v) is 4.25. The van der Waals surface area contributed by atoms with Gasteiger partial charge in [-0.2, -0.15) is 4.37 Å². The Morgan fingerprint density at radius 3 is 2.82 bits per heavy atom. The Kier molecular flexibility index (Phi) is 4.33. The molecule has 0 atom stereocenters.